The molecular weight excluding hydrogens is 376 g/mol. The van der Waals surface area contributed by atoms with Crippen LogP contribution in [0.25, 0.3) is 0 Å². The highest BCUT2D eigenvalue weighted by molar-refractivity contribution is 7.89. The minimum absolute atomic E-state index is 0.135. The molecule has 0 bridgehead atoms. The molecule has 3 rings (SSSR count). The van der Waals surface area contributed by atoms with Crippen molar-refractivity contribution in [3.05, 3.63) is 77.1 Å². The number of rotatable bonds is 6. The zero-order valence-corrected chi connectivity index (χ0v) is 16.7. The quantitative estimate of drug-likeness (QED) is 0.668. The molecule has 7 nitrogen and oxygen atoms in total. The average molecular weight is 398 g/mol. The van der Waals surface area contributed by atoms with Gasteiger partial charge in [0.15, 0.2) is 0 Å². The lowest BCUT2D eigenvalue weighted by molar-refractivity contribution is 0.102. The lowest BCUT2D eigenvalue weighted by atomic mass is 10.1. The monoisotopic (exact) mass is 398 g/mol. The van der Waals surface area contributed by atoms with E-state index in [0.29, 0.717) is 23.5 Å². The zero-order chi connectivity index (χ0) is 20.3. The predicted octanol–water partition coefficient (Wildman–Crippen LogP) is 2.71. The van der Waals surface area contributed by atoms with E-state index in [9.17, 15) is 13.2 Å². The van der Waals surface area contributed by atoms with Crippen LogP contribution in [0, 0.1) is 13.8 Å². The number of amides is 1. The van der Waals surface area contributed by atoms with Gasteiger partial charge in [0.2, 0.25) is 10.0 Å². The lowest BCUT2D eigenvalue weighted by Gasteiger charge is -2.08. The largest absolute Gasteiger partial charge is 0.322 e. The molecule has 2 N–H and O–H groups in total. The van der Waals surface area contributed by atoms with E-state index in [0.717, 1.165) is 11.3 Å². The molecule has 1 heterocycles. The van der Waals surface area contributed by atoms with Crippen LogP contribution in [-0.2, 0) is 16.6 Å². The summed E-state index contributed by atoms with van der Waals surface area (Å²) in [4.78, 5) is 12.9. The number of nitrogens with one attached hydrogen (secondary N) is 2. The van der Waals surface area contributed by atoms with Crippen molar-refractivity contribution >= 4 is 21.6 Å². The fourth-order valence-corrected chi connectivity index (χ4v) is 3.69. The Kier molecular flexibility index (Phi) is 5.62. The molecule has 0 fully saturated rings. The van der Waals surface area contributed by atoms with Gasteiger partial charge in [0.25, 0.3) is 5.91 Å². The van der Waals surface area contributed by atoms with Crippen LogP contribution >= 0.6 is 0 Å². The number of sulfonamides is 1. The molecule has 3 aromatic rings. The standard InChI is InChI=1S/C20H22N4O3S/c1-14-19(15(2)24(23-14)13-16-7-5-4-6-8-16)20(25)22-17-9-11-18(12-10-17)28(26,27)21-3/h4-12,21H,13H2,1-3H3,(H,22,25). The molecule has 28 heavy (non-hydrogen) atoms. The maximum atomic E-state index is 12.8. The van der Waals surface area contributed by atoms with Crippen molar-refractivity contribution in [2.75, 3.05) is 12.4 Å². The van der Waals surface area contributed by atoms with Gasteiger partial charge in [-0.3, -0.25) is 9.48 Å². The molecule has 0 aliphatic heterocycles. The van der Waals surface area contributed by atoms with E-state index < -0.39 is 10.0 Å². The summed E-state index contributed by atoms with van der Waals surface area (Å²) in [5, 5.41) is 7.30. The molecule has 0 unspecified atom stereocenters. The van der Waals surface area contributed by atoms with E-state index in [4.69, 9.17) is 0 Å². The van der Waals surface area contributed by atoms with Crippen LogP contribution in [0.1, 0.15) is 27.3 Å². The molecule has 146 valence electrons. The van der Waals surface area contributed by atoms with Gasteiger partial charge in [-0.2, -0.15) is 5.10 Å². The molecule has 0 saturated heterocycles. The number of aromatic nitrogens is 2. The summed E-state index contributed by atoms with van der Waals surface area (Å²) in [6.07, 6.45) is 0. The highest BCUT2D eigenvalue weighted by atomic mass is 32.2. The first-order valence-electron chi connectivity index (χ1n) is 8.74. The average Bonchev–Trinajstić information content (AvgIpc) is 2.96. The van der Waals surface area contributed by atoms with Gasteiger partial charge >= 0.3 is 0 Å². The minimum Gasteiger partial charge on any atom is -0.322 e. The highest BCUT2D eigenvalue weighted by Crippen LogP contribution is 2.19. The zero-order valence-electron chi connectivity index (χ0n) is 15.9. The summed E-state index contributed by atoms with van der Waals surface area (Å²) in [5.41, 5.74) is 3.53. The Labute approximate surface area is 164 Å². The van der Waals surface area contributed by atoms with Crippen LogP contribution < -0.4 is 10.0 Å². The molecule has 1 amide bonds. The fourth-order valence-electron chi connectivity index (χ4n) is 2.96. The van der Waals surface area contributed by atoms with Gasteiger partial charge in [0.05, 0.1) is 22.7 Å². The van der Waals surface area contributed by atoms with Gasteiger partial charge in [-0.05, 0) is 50.7 Å². The number of benzene rings is 2. The summed E-state index contributed by atoms with van der Waals surface area (Å²) in [7, 11) is -2.16. The van der Waals surface area contributed by atoms with Crippen molar-refractivity contribution in [2.45, 2.75) is 25.3 Å². The van der Waals surface area contributed by atoms with E-state index in [-0.39, 0.29) is 10.8 Å². The Balaban J connectivity index is 1.79. The van der Waals surface area contributed by atoms with Gasteiger partial charge < -0.3 is 5.32 Å². The summed E-state index contributed by atoms with van der Waals surface area (Å²) in [5.74, 6) is -0.279. The number of carbonyl (C=O) groups is 1. The van der Waals surface area contributed by atoms with E-state index in [1.807, 2.05) is 41.9 Å². The van der Waals surface area contributed by atoms with Gasteiger partial charge in [-0.15, -0.1) is 0 Å². The second kappa shape index (κ2) is 7.95. The van der Waals surface area contributed by atoms with Crippen LogP contribution in [0.3, 0.4) is 0 Å². The molecule has 0 radical (unpaired) electrons. The smallest absolute Gasteiger partial charge is 0.259 e. The summed E-state index contributed by atoms with van der Waals surface area (Å²) in [6.45, 7) is 4.24. The van der Waals surface area contributed by atoms with Crippen molar-refractivity contribution in [1.82, 2.24) is 14.5 Å². The first-order valence-corrected chi connectivity index (χ1v) is 10.2. The first-order chi connectivity index (χ1) is 13.3. The molecule has 0 atom stereocenters. The van der Waals surface area contributed by atoms with Crippen LogP contribution in [0.15, 0.2) is 59.5 Å². The van der Waals surface area contributed by atoms with Gasteiger partial charge in [0, 0.05) is 11.4 Å². The van der Waals surface area contributed by atoms with Crippen LogP contribution in [0.5, 0.6) is 0 Å². The molecule has 0 aliphatic carbocycles. The fraction of sp³-hybridized carbons (Fsp3) is 0.200. The Morgan fingerprint density at radius 2 is 1.68 bits per heavy atom. The van der Waals surface area contributed by atoms with Crippen molar-refractivity contribution in [3.8, 4) is 0 Å². The van der Waals surface area contributed by atoms with Crippen molar-refractivity contribution in [2.24, 2.45) is 0 Å². The van der Waals surface area contributed by atoms with Gasteiger partial charge in [-0.1, -0.05) is 30.3 Å². The van der Waals surface area contributed by atoms with Crippen molar-refractivity contribution in [1.29, 1.82) is 0 Å². The molecule has 8 heteroatoms. The van der Waals surface area contributed by atoms with Crippen LogP contribution in [0.2, 0.25) is 0 Å². The predicted molar refractivity (Wildman–Crippen MR) is 108 cm³/mol. The number of hydrogen-bond donors (Lipinski definition) is 2. The maximum absolute atomic E-state index is 12.8. The number of nitrogens with zero attached hydrogens (tertiary/aromatic N) is 2. The summed E-state index contributed by atoms with van der Waals surface area (Å²) in [6, 6.07) is 15.9. The normalized spacial score (nSPS) is 11.4. The SMILES string of the molecule is CNS(=O)(=O)c1ccc(NC(=O)c2c(C)nn(Cc3ccccc3)c2C)cc1. The third-order valence-corrected chi connectivity index (χ3v) is 5.91. The molecular formula is C20H22N4O3S. The van der Waals surface area contributed by atoms with E-state index in [1.54, 1.807) is 19.1 Å². The van der Waals surface area contributed by atoms with Crippen molar-refractivity contribution in [3.63, 3.8) is 0 Å². The number of anilines is 1. The van der Waals surface area contributed by atoms with Crippen LogP contribution in [-0.4, -0.2) is 31.2 Å². The maximum Gasteiger partial charge on any atom is 0.259 e. The number of carbonyl (C=O) groups excluding carboxylic acids is 1. The Morgan fingerprint density at radius 1 is 1.04 bits per heavy atom. The molecule has 2 aromatic carbocycles. The van der Waals surface area contributed by atoms with Crippen molar-refractivity contribution < 1.29 is 13.2 Å². The van der Waals surface area contributed by atoms with E-state index in [2.05, 4.69) is 15.1 Å². The third-order valence-electron chi connectivity index (χ3n) is 4.47. The van der Waals surface area contributed by atoms with Crippen LogP contribution in [0.4, 0.5) is 5.69 Å². The summed E-state index contributed by atoms with van der Waals surface area (Å²) >= 11 is 0. The first kappa shape index (κ1) is 19.8. The lowest BCUT2D eigenvalue weighted by Crippen LogP contribution is -2.18. The van der Waals surface area contributed by atoms with E-state index in [1.165, 1.54) is 19.2 Å². The third kappa shape index (κ3) is 4.13. The Hall–Kier alpha value is -2.97. The van der Waals surface area contributed by atoms with Gasteiger partial charge in [-0.25, -0.2) is 13.1 Å². The molecule has 0 aliphatic rings. The topological polar surface area (TPSA) is 93.1 Å². The number of hydrogen-bond acceptors (Lipinski definition) is 4. The summed E-state index contributed by atoms with van der Waals surface area (Å²) < 4.78 is 27.6. The van der Waals surface area contributed by atoms with Gasteiger partial charge in [0.1, 0.15) is 0 Å². The molecule has 1 aromatic heterocycles. The molecule has 0 spiro atoms. The highest BCUT2D eigenvalue weighted by Gasteiger charge is 2.19. The number of aryl methyl sites for hydroxylation is 1. The van der Waals surface area contributed by atoms with E-state index >= 15 is 0 Å². The Bertz CT molecular complexity index is 1090. The Morgan fingerprint density at radius 3 is 2.29 bits per heavy atom. The second-order valence-electron chi connectivity index (χ2n) is 6.38. The molecule has 0 saturated carbocycles. The second-order valence-corrected chi connectivity index (χ2v) is 8.26. The minimum atomic E-state index is -3.51.